The van der Waals surface area contributed by atoms with Crippen molar-refractivity contribution in [3.63, 3.8) is 0 Å². The van der Waals surface area contributed by atoms with Crippen molar-refractivity contribution >= 4 is 5.91 Å². The van der Waals surface area contributed by atoms with Crippen LogP contribution >= 0.6 is 0 Å². The van der Waals surface area contributed by atoms with Gasteiger partial charge in [0.25, 0.3) is 0 Å². The van der Waals surface area contributed by atoms with E-state index in [0.29, 0.717) is 6.42 Å². The summed E-state index contributed by atoms with van der Waals surface area (Å²) >= 11 is 0. The standard InChI is InChI=1S/C13H17NO/c1-13(9-12(15)14-10-13)8-7-11-5-3-2-4-6-11/h2-6H,7-10H2,1H3,(H,14,15). The van der Waals surface area contributed by atoms with Crippen molar-refractivity contribution < 1.29 is 4.79 Å². The average molecular weight is 203 g/mol. The van der Waals surface area contributed by atoms with E-state index in [1.54, 1.807) is 0 Å². The lowest BCUT2D eigenvalue weighted by molar-refractivity contribution is -0.119. The Morgan fingerprint density at radius 1 is 1.33 bits per heavy atom. The molecule has 0 saturated carbocycles. The molecule has 1 amide bonds. The number of amides is 1. The predicted molar refractivity (Wildman–Crippen MR) is 60.5 cm³/mol. The van der Waals surface area contributed by atoms with Gasteiger partial charge in [0, 0.05) is 13.0 Å². The topological polar surface area (TPSA) is 29.1 Å². The van der Waals surface area contributed by atoms with Crippen LogP contribution in [0.1, 0.15) is 25.3 Å². The maximum atomic E-state index is 11.2. The molecule has 1 unspecified atom stereocenters. The van der Waals surface area contributed by atoms with Crippen LogP contribution < -0.4 is 5.32 Å². The van der Waals surface area contributed by atoms with Gasteiger partial charge in [0.2, 0.25) is 5.91 Å². The summed E-state index contributed by atoms with van der Waals surface area (Å²) in [5, 5.41) is 2.91. The number of nitrogens with one attached hydrogen (secondary N) is 1. The number of benzene rings is 1. The molecule has 2 rings (SSSR count). The lowest BCUT2D eigenvalue weighted by Crippen LogP contribution is -2.21. The van der Waals surface area contributed by atoms with Gasteiger partial charge in [0.05, 0.1) is 0 Å². The van der Waals surface area contributed by atoms with Gasteiger partial charge in [0.15, 0.2) is 0 Å². The Kier molecular flexibility index (Phi) is 2.76. The van der Waals surface area contributed by atoms with E-state index in [1.807, 2.05) is 6.07 Å². The lowest BCUT2D eigenvalue weighted by atomic mass is 9.83. The van der Waals surface area contributed by atoms with Crippen molar-refractivity contribution in [3.05, 3.63) is 35.9 Å². The van der Waals surface area contributed by atoms with E-state index in [1.165, 1.54) is 5.56 Å². The summed E-state index contributed by atoms with van der Waals surface area (Å²) in [5.74, 6) is 0.200. The molecule has 15 heavy (non-hydrogen) atoms. The molecule has 2 heteroatoms. The maximum absolute atomic E-state index is 11.2. The normalized spacial score (nSPS) is 25.3. The van der Waals surface area contributed by atoms with Gasteiger partial charge in [-0.3, -0.25) is 4.79 Å². The molecular weight excluding hydrogens is 186 g/mol. The van der Waals surface area contributed by atoms with Crippen LogP contribution in [0.4, 0.5) is 0 Å². The molecular formula is C13H17NO. The zero-order valence-electron chi connectivity index (χ0n) is 9.12. The first-order chi connectivity index (χ1) is 7.18. The van der Waals surface area contributed by atoms with Crippen LogP contribution in [0.5, 0.6) is 0 Å². The van der Waals surface area contributed by atoms with Crippen molar-refractivity contribution in [1.29, 1.82) is 0 Å². The fourth-order valence-electron chi connectivity index (χ4n) is 2.09. The van der Waals surface area contributed by atoms with E-state index in [-0.39, 0.29) is 11.3 Å². The molecule has 0 bridgehead atoms. The van der Waals surface area contributed by atoms with Crippen LogP contribution in [0.3, 0.4) is 0 Å². The summed E-state index contributed by atoms with van der Waals surface area (Å²) in [6.07, 6.45) is 2.82. The molecule has 1 aromatic carbocycles. The highest BCUT2D eigenvalue weighted by molar-refractivity contribution is 5.79. The number of hydrogen-bond donors (Lipinski definition) is 1. The van der Waals surface area contributed by atoms with Crippen LogP contribution in [0.15, 0.2) is 30.3 Å². The van der Waals surface area contributed by atoms with Crippen LogP contribution in [-0.4, -0.2) is 12.5 Å². The minimum absolute atomic E-state index is 0.160. The SMILES string of the molecule is CC1(CCc2ccccc2)CNC(=O)C1. The van der Waals surface area contributed by atoms with E-state index < -0.39 is 0 Å². The third kappa shape index (κ3) is 2.58. The van der Waals surface area contributed by atoms with Gasteiger partial charge in [0.1, 0.15) is 0 Å². The molecule has 0 radical (unpaired) electrons. The maximum Gasteiger partial charge on any atom is 0.220 e. The summed E-state index contributed by atoms with van der Waals surface area (Å²) in [5.41, 5.74) is 1.52. The van der Waals surface area contributed by atoms with E-state index >= 15 is 0 Å². The number of rotatable bonds is 3. The summed E-state index contributed by atoms with van der Waals surface area (Å²) < 4.78 is 0. The van der Waals surface area contributed by atoms with Crippen molar-refractivity contribution in [2.24, 2.45) is 5.41 Å². The summed E-state index contributed by atoms with van der Waals surface area (Å²) in [6.45, 7) is 3.02. The third-order valence-electron chi connectivity index (χ3n) is 3.16. The Labute approximate surface area is 90.7 Å². The molecule has 2 nitrogen and oxygen atoms in total. The van der Waals surface area contributed by atoms with Gasteiger partial charge in [-0.1, -0.05) is 37.3 Å². The van der Waals surface area contributed by atoms with E-state index in [9.17, 15) is 4.79 Å². The van der Waals surface area contributed by atoms with Crippen molar-refractivity contribution in [1.82, 2.24) is 5.32 Å². The molecule has 80 valence electrons. The van der Waals surface area contributed by atoms with Gasteiger partial charge in [-0.05, 0) is 23.8 Å². The highest BCUT2D eigenvalue weighted by atomic mass is 16.1. The zero-order valence-corrected chi connectivity index (χ0v) is 9.12. The van der Waals surface area contributed by atoms with Crippen molar-refractivity contribution in [3.8, 4) is 0 Å². The first kappa shape index (κ1) is 10.2. The Hall–Kier alpha value is -1.31. The predicted octanol–water partition coefficient (Wildman–Crippen LogP) is 2.15. The molecule has 0 aliphatic carbocycles. The molecule has 1 heterocycles. The average Bonchev–Trinajstić information content (AvgIpc) is 2.58. The van der Waals surface area contributed by atoms with Gasteiger partial charge >= 0.3 is 0 Å². The van der Waals surface area contributed by atoms with Gasteiger partial charge < -0.3 is 5.32 Å². The van der Waals surface area contributed by atoms with E-state index in [0.717, 1.165) is 19.4 Å². The fraction of sp³-hybridized carbons (Fsp3) is 0.462. The number of carbonyl (C=O) groups excluding carboxylic acids is 1. The van der Waals surface area contributed by atoms with E-state index in [2.05, 4.69) is 36.5 Å². The molecule has 1 fully saturated rings. The van der Waals surface area contributed by atoms with Crippen LogP contribution in [-0.2, 0) is 11.2 Å². The minimum atomic E-state index is 0.160. The summed E-state index contributed by atoms with van der Waals surface area (Å²) in [7, 11) is 0. The molecule has 0 aromatic heterocycles. The molecule has 1 N–H and O–H groups in total. The van der Waals surface area contributed by atoms with Crippen LogP contribution in [0.2, 0.25) is 0 Å². The van der Waals surface area contributed by atoms with Gasteiger partial charge in [-0.15, -0.1) is 0 Å². The second-order valence-electron chi connectivity index (χ2n) is 4.75. The highest BCUT2D eigenvalue weighted by Crippen LogP contribution is 2.30. The Balaban J connectivity index is 1.91. The van der Waals surface area contributed by atoms with E-state index in [4.69, 9.17) is 0 Å². The van der Waals surface area contributed by atoms with Gasteiger partial charge in [-0.2, -0.15) is 0 Å². The lowest BCUT2D eigenvalue weighted by Gasteiger charge is -2.20. The van der Waals surface area contributed by atoms with Crippen molar-refractivity contribution in [2.75, 3.05) is 6.54 Å². The minimum Gasteiger partial charge on any atom is -0.356 e. The smallest absolute Gasteiger partial charge is 0.220 e. The zero-order chi connectivity index (χ0) is 10.7. The van der Waals surface area contributed by atoms with Crippen LogP contribution in [0, 0.1) is 5.41 Å². The van der Waals surface area contributed by atoms with Crippen LogP contribution in [0.25, 0.3) is 0 Å². The molecule has 1 aliphatic heterocycles. The molecule has 1 atom stereocenters. The quantitative estimate of drug-likeness (QED) is 0.801. The largest absolute Gasteiger partial charge is 0.356 e. The second-order valence-corrected chi connectivity index (χ2v) is 4.75. The Morgan fingerprint density at radius 2 is 2.07 bits per heavy atom. The second kappa shape index (κ2) is 4.05. The van der Waals surface area contributed by atoms with Gasteiger partial charge in [-0.25, -0.2) is 0 Å². The molecule has 1 aromatic rings. The third-order valence-corrected chi connectivity index (χ3v) is 3.16. The summed E-state index contributed by atoms with van der Waals surface area (Å²) in [4.78, 5) is 11.2. The fourth-order valence-corrected chi connectivity index (χ4v) is 2.09. The summed E-state index contributed by atoms with van der Waals surface area (Å²) in [6, 6.07) is 10.5. The highest BCUT2D eigenvalue weighted by Gasteiger charge is 2.33. The molecule has 0 spiro atoms. The Bertz CT molecular complexity index is 347. The monoisotopic (exact) mass is 203 g/mol. The molecule has 1 aliphatic rings. The number of carbonyl (C=O) groups is 1. The van der Waals surface area contributed by atoms with Crippen molar-refractivity contribution in [2.45, 2.75) is 26.2 Å². The Morgan fingerprint density at radius 3 is 2.67 bits per heavy atom. The number of aryl methyl sites for hydroxylation is 1. The number of hydrogen-bond acceptors (Lipinski definition) is 1. The first-order valence-corrected chi connectivity index (χ1v) is 5.49. The first-order valence-electron chi connectivity index (χ1n) is 5.49. The molecule has 1 saturated heterocycles.